The number of nitrogens with two attached hydrogens (primary N) is 2. The van der Waals surface area contributed by atoms with E-state index in [1.165, 1.54) is 0 Å². The van der Waals surface area contributed by atoms with Gasteiger partial charge in [0.1, 0.15) is 6.61 Å². The van der Waals surface area contributed by atoms with Crippen LogP contribution in [-0.4, -0.2) is 23.7 Å². The summed E-state index contributed by atoms with van der Waals surface area (Å²) in [6.07, 6.45) is 1.25. The van der Waals surface area contributed by atoms with E-state index in [2.05, 4.69) is 0 Å². The molecule has 0 aromatic heterocycles. The minimum Gasteiger partial charge on any atom is -0.445 e. The van der Waals surface area contributed by atoms with Gasteiger partial charge in [0.2, 0.25) is 0 Å². The van der Waals surface area contributed by atoms with E-state index in [1.54, 1.807) is 17.0 Å². The lowest BCUT2D eigenvalue weighted by Gasteiger charge is -2.20. The largest absolute Gasteiger partial charge is 0.445 e. The zero-order valence-corrected chi connectivity index (χ0v) is 9.63. The van der Waals surface area contributed by atoms with E-state index in [9.17, 15) is 4.79 Å². The van der Waals surface area contributed by atoms with Crippen molar-refractivity contribution in [2.75, 3.05) is 12.3 Å². The summed E-state index contributed by atoms with van der Waals surface area (Å²) in [5.74, 6) is 0. The molecule has 1 aliphatic rings. The first-order valence-electron chi connectivity index (χ1n) is 5.70. The highest BCUT2D eigenvalue weighted by Crippen LogP contribution is 2.15. The third-order valence-electron chi connectivity index (χ3n) is 2.88. The molecule has 1 aliphatic heterocycles. The van der Waals surface area contributed by atoms with Gasteiger partial charge in [0, 0.05) is 12.2 Å². The van der Waals surface area contributed by atoms with E-state index in [4.69, 9.17) is 16.2 Å². The van der Waals surface area contributed by atoms with Crippen LogP contribution in [0.4, 0.5) is 10.5 Å². The van der Waals surface area contributed by atoms with E-state index in [0.29, 0.717) is 12.2 Å². The quantitative estimate of drug-likeness (QED) is 0.757. The molecule has 1 unspecified atom stereocenters. The number of ether oxygens (including phenoxy) is 1. The van der Waals surface area contributed by atoms with E-state index >= 15 is 0 Å². The van der Waals surface area contributed by atoms with Gasteiger partial charge in [-0.1, -0.05) is 12.1 Å². The maximum atomic E-state index is 11.7. The minimum atomic E-state index is -0.341. The molecule has 4 N–H and O–H groups in total. The topological polar surface area (TPSA) is 81.6 Å². The van der Waals surface area contributed by atoms with Crippen LogP contribution in [0.15, 0.2) is 24.3 Å². The molecule has 1 aromatic carbocycles. The molecule has 1 fully saturated rings. The predicted molar refractivity (Wildman–Crippen MR) is 65.0 cm³/mol. The monoisotopic (exact) mass is 235 g/mol. The number of carbonyl (C=O) groups is 1. The van der Waals surface area contributed by atoms with Gasteiger partial charge in [0.05, 0.1) is 6.17 Å². The van der Waals surface area contributed by atoms with Crippen molar-refractivity contribution in [3.63, 3.8) is 0 Å². The van der Waals surface area contributed by atoms with Crippen LogP contribution in [-0.2, 0) is 11.3 Å². The van der Waals surface area contributed by atoms with Crippen LogP contribution in [0.5, 0.6) is 0 Å². The Morgan fingerprint density at radius 1 is 1.41 bits per heavy atom. The Hall–Kier alpha value is -1.75. The number of nitrogen functional groups attached to an aromatic ring is 1. The maximum Gasteiger partial charge on any atom is 0.411 e. The van der Waals surface area contributed by atoms with E-state index in [-0.39, 0.29) is 18.9 Å². The molecule has 0 radical (unpaired) electrons. The first kappa shape index (κ1) is 11.7. The first-order valence-corrected chi connectivity index (χ1v) is 5.70. The lowest BCUT2D eigenvalue weighted by molar-refractivity contribution is 0.0930. The van der Waals surface area contributed by atoms with Gasteiger partial charge in [0.15, 0.2) is 0 Å². The third-order valence-corrected chi connectivity index (χ3v) is 2.88. The number of carbonyl (C=O) groups excluding carboxylic acids is 1. The molecule has 0 aliphatic carbocycles. The number of anilines is 1. The Morgan fingerprint density at radius 3 is 2.71 bits per heavy atom. The van der Waals surface area contributed by atoms with Crippen molar-refractivity contribution < 1.29 is 9.53 Å². The second-order valence-electron chi connectivity index (χ2n) is 4.20. The lowest BCUT2D eigenvalue weighted by atomic mass is 10.2. The number of likely N-dealkylation sites (tertiary alicyclic amines) is 1. The second kappa shape index (κ2) is 5.05. The number of rotatable bonds is 2. The van der Waals surface area contributed by atoms with Crippen LogP contribution in [0.1, 0.15) is 18.4 Å². The summed E-state index contributed by atoms with van der Waals surface area (Å²) in [6, 6.07) is 7.24. The van der Waals surface area contributed by atoms with Gasteiger partial charge in [-0.05, 0) is 30.5 Å². The molecule has 17 heavy (non-hydrogen) atoms. The van der Waals surface area contributed by atoms with Gasteiger partial charge in [-0.2, -0.15) is 0 Å². The summed E-state index contributed by atoms with van der Waals surface area (Å²) < 4.78 is 5.19. The normalized spacial score (nSPS) is 19.4. The molecular formula is C12H17N3O2. The fourth-order valence-electron chi connectivity index (χ4n) is 1.86. The average molecular weight is 235 g/mol. The molecule has 5 heteroatoms. The fourth-order valence-corrected chi connectivity index (χ4v) is 1.86. The minimum absolute atomic E-state index is 0.200. The number of hydrogen-bond donors (Lipinski definition) is 2. The highest BCUT2D eigenvalue weighted by atomic mass is 16.6. The van der Waals surface area contributed by atoms with Crippen LogP contribution in [0.25, 0.3) is 0 Å². The lowest BCUT2D eigenvalue weighted by Crippen LogP contribution is -2.41. The fraction of sp³-hybridized carbons (Fsp3) is 0.417. The zero-order valence-electron chi connectivity index (χ0n) is 9.63. The number of nitrogens with zero attached hydrogens (tertiary/aromatic N) is 1. The van der Waals surface area contributed by atoms with Crippen molar-refractivity contribution in [1.82, 2.24) is 4.90 Å². The Balaban J connectivity index is 1.85. The summed E-state index contributed by atoms with van der Waals surface area (Å²) in [5, 5.41) is 0. The van der Waals surface area contributed by atoms with Crippen molar-refractivity contribution in [2.24, 2.45) is 5.73 Å². The molecule has 5 nitrogen and oxygen atoms in total. The van der Waals surface area contributed by atoms with E-state index < -0.39 is 0 Å². The first-order chi connectivity index (χ1) is 8.16. The molecular weight excluding hydrogens is 218 g/mol. The van der Waals surface area contributed by atoms with E-state index in [1.807, 2.05) is 12.1 Å². The van der Waals surface area contributed by atoms with Gasteiger partial charge in [-0.15, -0.1) is 0 Å². The van der Waals surface area contributed by atoms with Gasteiger partial charge >= 0.3 is 6.09 Å². The SMILES string of the molecule is Nc1ccc(COC(=O)N2CCCC2N)cc1. The van der Waals surface area contributed by atoms with Crippen molar-refractivity contribution in [2.45, 2.75) is 25.6 Å². The molecule has 92 valence electrons. The summed E-state index contributed by atoms with van der Waals surface area (Å²) >= 11 is 0. The Morgan fingerprint density at radius 2 is 2.12 bits per heavy atom. The number of amides is 1. The molecule has 1 amide bonds. The van der Waals surface area contributed by atoms with Crippen LogP contribution >= 0.6 is 0 Å². The summed E-state index contributed by atoms with van der Waals surface area (Å²) in [6.45, 7) is 0.935. The van der Waals surface area contributed by atoms with Crippen LogP contribution in [0, 0.1) is 0 Å². The number of benzene rings is 1. The van der Waals surface area contributed by atoms with Crippen LogP contribution in [0.2, 0.25) is 0 Å². The Bertz CT molecular complexity index is 391. The molecule has 0 saturated carbocycles. The zero-order chi connectivity index (χ0) is 12.3. The molecule has 1 atom stereocenters. The second-order valence-corrected chi connectivity index (χ2v) is 4.20. The molecule has 0 spiro atoms. The van der Waals surface area contributed by atoms with Crippen LogP contribution < -0.4 is 11.5 Å². The van der Waals surface area contributed by atoms with Crippen molar-refractivity contribution in [3.05, 3.63) is 29.8 Å². The molecule has 1 aromatic rings. The Labute approximate surface area is 100 Å². The Kier molecular flexibility index (Phi) is 3.49. The van der Waals surface area contributed by atoms with Crippen molar-refractivity contribution in [3.8, 4) is 0 Å². The van der Waals surface area contributed by atoms with Gasteiger partial charge in [-0.3, -0.25) is 4.90 Å². The van der Waals surface area contributed by atoms with E-state index in [0.717, 1.165) is 18.4 Å². The maximum absolute atomic E-state index is 11.7. The molecule has 0 bridgehead atoms. The molecule has 1 heterocycles. The highest BCUT2D eigenvalue weighted by molar-refractivity contribution is 5.68. The highest BCUT2D eigenvalue weighted by Gasteiger charge is 2.26. The van der Waals surface area contributed by atoms with Crippen molar-refractivity contribution >= 4 is 11.8 Å². The molecule has 2 rings (SSSR count). The van der Waals surface area contributed by atoms with Gasteiger partial charge < -0.3 is 16.2 Å². The van der Waals surface area contributed by atoms with Gasteiger partial charge in [-0.25, -0.2) is 4.79 Å². The smallest absolute Gasteiger partial charge is 0.411 e. The van der Waals surface area contributed by atoms with Gasteiger partial charge in [0.25, 0.3) is 0 Å². The number of hydrogen-bond acceptors (Lipinski definition) is 4. The molecule has 1 saturated heterocycles. The summed E-state index contributed by atoms with van der Waals surface area (Å²) in [4.78, 5) is 13.3. The average Bonchev–Trinajstić information content (AvgIpc) is 2.74. The third kappa shape index (κ3) is 2.88. The summed E-state index contributed by atoms with van der Waals surface area (Å²) in [7, 11) is 0. The van der Waals surface area contributed by atoms with Crippen molar-refractivity contribution in [1.29, 1.82) is 0 Å². The van der Waals surface area contributed by atoms with Crippen LogP contribution in [0.3, 0.4) is 0 Å². The summed E-state index contributed by atoms with van der Waals surface area (Å²) in [5.41, 5.74) is 13.0. The predicted octanol–water partition coefficient (Wildman–Crippen LogP) is 1.29. The standard InChI is InChI=1S/C12H17N3O2/c13-10-5-3-9(4-6-10)8-17-12(16)15-7-1-2-11(15)14/h3-6,11H,1-2,7-8,13-14H2.